The summed E-state index contributed by atoms with van der Waals surface area (Å²) in [6.45, 7) is 3.22. The van der Waals surface area contributed by atoms with Crippen LogP contribution in [0.25, 0.3) is 5.52 Å². The lowest BCUT2D eigenvalue weighted by atomic mass is 10.0. The molecule has 1 saturated carbocycles. The third-order valence-corrected chi connectivity index (χ3v) is 5.55. The largest absolute Gasteiger partial charge is 0.492 e. The molecule has 140 valence electrons. The molecule has 1 saturated heterocycles. The Balaban J connectivity index is 1.97. The number of ether oxygens (including phenoxy) is 1. The van der Waals surface area contributed by atoms with Gasteiger partial charge in [-0.2, -0.15) is 0 Å². The van der Waals surface area contributed by atoms with E-state index in [0.29, 0.717) is 29.9 Å². The van der Waals surface area contributed by atoms with Gasteiger partial charge in [0.25, 0.3) is 5.56 Å². The van der Waals surface area contributed by atoms with Gasteiger partial charge in [-0.3, -0.25) is 14.2 Å². The minimum absolute atomic E-state index is 0.0157. The fraction of sp³-hybridized carbons (Fsp3) is 0.556. The van der Waals surface area contributed by atoms with Crippen LogP contribution < -0.4 is 26.6 Å². The number of hydrogen-bond donors (Lipinski definition) is 2. The number of nitrogens with two attached hydrogens (primary N) is 1. The summed E-state index contributed by atoms with van der Waals surface area (Å²) in [5.74, 6) is 0.0487. The number of nitrogens with zero attached hydrogens (tertiary/aromatic N) is 2. The van der Waals surface area contributed by atoms with Gasteiger partial charge < -0.3 is 15.4 Å². The van der Waals surface area contributed by atoms with Crippen LogP contribution in [0.15, 0.2) is 15.8 Å². The molecule has 0 spiro atoms. The molecule has 0 unspecified atom stereocenters. The fourth-order valence-electron chi connectivity index (χ4n) is 3.97. The minimum Gasteiger partial charge on any atom is -0.492 e. The van der Waals surface area contributed by atoms with Crippen molar-refractivity contribution in [3.63, 3.8) is 0 Å². The number of rotatable bonds is 4. The Kier molecular flexibility index (Phi) is 4.02. The maximum atomic E-state index is 15.0. The number of fused-ring (bicyclic) bond motifs is 1. The van der Waals surface area contributed by atoms with Crippen LogP contribution in [0.5, 0.6) is 5.75 Å². The van der Waals surface area contributed by atoms with Gasteiger partial charge >= 0.3 is 5.69 Å². The molecule has 3 heterocycles. The Hall–Kier alpha value is -2.35. The maximum Gasteiger partial charge on any atom is 0.333 e. The second-order valence-electron chi connectivity index (χ2n) is 7.38. The predicted molar refractivity (Wildman–Crippen MR) is 96.7 cm³/mol. The zero-order valence-corrected chi connectivity index (χ0v) is 14.9. The summed E-state index contributed by atoms with van der Waals surface area (Å²) in [6, 6.07) is 0.0157. The van der Waals surface area contributed by atoms with Crippen molar-refractivity contribution in [3.05, 3.63) is 38.4 Å². The normalized spacial score (nSPS) is 21.4. The second kappa shape index (κ2) is 6.12. The van der Waals surface area contributed by atoms with Crippen molar-refractivity contribution in [3.8, 4) is 5.75 Å². The molecule has 0 amide bonds. The predicted octanol–water partition coefficient (Wildman–Crippen LogP) is 1.19. The molecule has 1 aliphatic heterocycles. The fourth-order valence-corrected chi connectivity index (χ4v) is 3.97. The summed E-state index contributed by atoms with van der Waals surface area (Å²) in [4.78, 5) is 28.9. The van der Waals surface area contributed by atoms with Crippen LogP contribution in [0, 0.1) is 11.7 Å². The van der Waals surface area contributed by atoms with Crippen molar-refractivity contribution in [2.24, 2.45) is 11.7 Å². The lowest BCUT2D eigenvalue weighted by Gasteiger charge is -2.24. The summed E-state index contributed by atoms with van der Waals surface area (Å²) in [6.07, 6.45) is 3.77. The van der Waals surface area contributed by atoms with Crippen LogP contribution in [0.3, 0.4) is 0 Å². The topological polar surface area (TPSA) is 92.8 Å². The molecule has 1 aliphatic carbocycles. The van der Waals surface area contributed by atoms with Gasteiger partial charge in [0.1, 0.15) is 11.2 Å². The Morgan fingerprint density at radius 3 is 2.65 bits per heavy atom. The number of anilines is 1. The molecule has 0 bridgehead atoms. The molecule has 7 nitrogen and oxygen atoms in total. The molecule has 2 aromatic heterocycles. The lowest BCUT2D eigenvalue weighted by molar-refractivity contribution is 0.412. The zero-order chi connectivity index (χ0) is 18.6. The van der Waals surface area contributed by atoms with E-state index in [9.17, 15) is 14.0 Å². The van der Waals surface area contributed by atoms with Crippen molar-refractivity contribution in [2.45, 2.75) is 38.1 Å². The second-order valence-corrected chi connectivity index (χ2v) is 7.38. The van der Waals surface area contributed by atoms with Crippen LogP contribution in [0.1, 0.15) is 37.7 Å². The third kappa shape index (κ3) is 2.59. The Labute approximate surface area is 149 Å². The molecule has 2 atom stereocenters. The first kappa shape index (κ1) is 17.1. The zero-order valence-electron chi connectivity index (χ0n) is 14.9. The highest BCUT2D eigenvalue weighted by molar-refractivity contribution is 5.78. The number of nitrogens with one attached hydrogen (secondary N) is 1. The molecule has 3 N–H and O–H groups in total. The van der Waals surface area contributed by atoms with Gasteiger partial charge in [-0.05, 0) is 38.0 Å². The average Bonchev–Trinajstić information content (AvgIpc) is 3.29. The Morgan fingerprint density at radius 1 is 1.35 bits per heavy atom. The smallest absolute Gasteiger partial charge is 0.333 e. The van der Waals surface area contributed by atoms with E-state index in [-0.39, 0.29) is 23.6 Å². The molecule has 2 aliphatic rings. The van der Waals surface area contributed by atoms with E-state index < -0.39 is 17.1 Å². The van der Waals surface area contributed by atoms with Gasteiger partial charge in [-0.1, -0.05) is 0 Å². The summed E-state index contributed by atoms with van der Waals surface area (Å²) >= 11 is 0. The van der Waals surface area contributed by atoms with Crippen molar-refractivity contribution >= 4 is 11.2 Å². The number of H-pyrrole nitrogens is 1. The number of methoxy groups -OCH3 is 1. The van der Waals surface area contributed by atoms with E-state index in [1.807, 2.05) is 11.8 Å². The van der Waals surface area contributed by atoms with Gasteiger partial charge in [0.2, 0.25) is 0 Å². The maximum absolute atomic E-state index is 15.0. The monoisotopic (exact) mass is 362 g/mol. The van der Waals surface area contributed by atoms with Gasteiger partial charge in [0.05, 0.1) is 13.3 Å². The average molecular weight is 362 g/mol. The van der Waals surface area contributed by atoms with Gasteiger partial charge in [0, 0.05) is 24.7 Å². The first-order valence-corrected chi connectivity index (χ1v) is 8.98. The number of halogens is 1. The number of aromatic nitrogens is 2. The molecule has 0 aromatic carbocycles. The SMILES string of the molecule is COc1c(N2CC[C@@H]([C@H](C)N)C2)c(F)cn2c(=O)[nH]c(=O)c(C3CC3)c12. The molecule has 2 aromatic rings. The van der Waals surface area contributed by atoms with Crippen LogP contribution in [-0.4, -0.2) is 35.6 Å². The highest BCUT2D eigenvalue weighted by Crippen LogP contribution is 2.45. The van der Waals surface area contributed by atoms with E-state index in [4.69, 9.17) is 10.5 Å². The highest BCUT2D eigenvalue weighted by Gasteiger charge is 2.34. The summed E-state index contributed by atoms with van der Waals surface area (Å²) < 4.78 is 21.7. The number of pyridine rings is 1. The summed E-state index contributed by atoms with van der Waals surface area (Å²) in [7, 11) is 1.44. The van der Waals surface area contributed by atoms with E-state index in [0.717, 1.165) is 29.9 Å². The van der Waals surface area contributed by atoms with E-state index >= 15 is 0 Å². The summed E-state index contributed by atoms with van der Waals surface area (Å²) in [5.41, 5.74) is 6.13. The lowest BCUT2D eigenvalue weighted by Crippen LogP contribution is -2.32. The molecule has 26 heavy (non-hydrogen) atoms. The standard InChI is InChI=1S/C18H23FN4O3/c1-9(20)11-5-6-22(7-11)14-12(19)8-23-15(16(14)26-2)13(10-3-4-10)17(24)21-18(23)25/h8-11H,3-7,20H2,1-2H3,(H,21,24,25)/t9-,11+/m0/s1. The van der Waals surface area contributed by atoms with Crippen molar-refractivity contribution in [1.82, 2.24) is 9.38 Å². The Bertz CT molecular complexity index is 977. The molecule has 2 fully saturated rings. The molecular formula is C18H23FN4O3. The number of aromatic amines is 1. The number of hydrogen-bond acceptors (Lipinski definition) is 5. The first-order chi connectivity index (χ1) is 12.4. The minimum atomic E-state index is -0.659. The molecule has 4 rings (SSSR count). The van der Waals surface area contributed by atoms with Crippen LogP contribution in [0.4, 0.5) is 10.1 Å². The molecule has 8 heteroatoms. The van der Waals surface area contributed by atoms with E-state index in [2.05, 4.69) is 4.98 Å². The summed E-state index contributed by atoms with van der Waals surface area (Å²) in [5, 5.41) is 0. The Morgan fingerprint density at radius 2 is 2.08 bits per heavy atom. The van der Waals surface area contributed by atoms with Crippen LogP contribution in [0.2, 0.25) is 0 Å². The van der Waals surface area contributed by atoms with E-state index in [1.165, 1.54) is 7.11 Å². The van der Waals surface area contributed by atoms with Crippen molar-refractivity contribution in [1.29, 1.82) is 0 Å². The first-order valence-electron chi connectivity index (χ1n) is 8.98. The molecule has 0 radical (unpaired) electrons. The van der Waals surface area contributed by atoms with Gasteiger partial charge in [0.15, 0.2) is 11.6 Å². The van der Waals surface area contributed by atoms with Crippen LogP contribution in [-0.2, 0) is 0 Å². The van der Waals surface area contributed by atoms with E-state index in [1.54, 1.807) is 0 Å². The van der Waals surface area contributed by atoms with Gasteiger partial charge in [-0.25, -0.2) is 9.18 Å². The highest BCUT2D eigenvalue weighted by atomic mass is 19.1. The molecular weight excluding hydrogens is 339 g/mol. The third-order valence-electron chi connectivity index (χ3n) is 5.55. The quantitative estimate of drug-likeness (QED) is 0.852. The van der Waals surface area contributed by atoms with Crippen molar-refractivity contribution in [2.75, 3.05) is 25.1 Å². The van der Waals surface area contributed by atoms with Gasteiger partial charge in [-0.15, -0.1) is 0 Å². The van der Waals surface area contributed by atoms with Crippen LogP contribution >= 0.6 is 0 Å². The van der Waals surface area contributed by atoms with Crippen molar-refractivity contribution < 1.29 is 9.13 Å².